The molecule has 0 aromatic heterocycles. The van der Waals surface area contributed by atoms with Crippen molar-refractivity contribution in [1.29, 1.82) is 0 Å². The number of esters is 1. The second-order valence-corrected chi connectivity index (χ2v) is 7.20. The summed E-state index contributed by atoms with van der Waals surface area (Å²) in [6.45, 7) is 3.57. The number of carbonyl (C=O) groups is 3. The van der Waals surface area contributed by atoms with E-state index in [-0.39, 0.29) is 18.6 Å². The fourth-order valence-electron chi connectivity index (χ4n) is 2.51. The first kappa shape index (κ1) is 21.7. The molecule has 5 nitrogen and oxygen atoms in total. The first-order chi connectivity index (χ1) is 13.4. The van der Waals surface area contributed by atoms with Crippen LogP contribution >= 0.6 is 11.8 Å². The molecule has 2 aromatic carbocycles. The molecule has 0 radical (unpaired) electrons. The lowest BCUT2D eigenvalue weighted by molar-refractivity contribution is -0.153. The molecule has 0 spiro atoms. The minimum atomic E-state index is -0.936. The lowest BCUT2D eigenvalue weighted by Gasteiger charge is -2.13. The van der Waals surface area contributed by atoms with Gasteiger partial charge in [0.1, 0.15) is 0 Å². The molecule has 148 valence electrons. The number of carbonyl (C=O) groups excluding carboxylic acids is 3. The highest BCUT2D eigenvalue weighted by Gasteiger charge is 2.19. The van der Waals surface area contributed by atoms with Crippen LogP contribution in [-0.4, -0.2) is 30.0 Å². The molecule has 0 aliphatic carbocycles. The summed E-state index contributed by atoms with van der Waals surface area (Å²) in [5, 5.41) is 2.71. The van der Waals surface area contributed by atoms with Crippen LogP contribution in [0.4, 0.5) is 5.69 Å². The normalized spacial score (nSPS) is 11.5. The number of benzene rings is 2. The summed E-state index contributed by atoms with van der Waals surface area (Å²) in [5.74, 6) is -1.10. The first-order valence-electron chi connectivity index (χ1n) is 9.19. The molecular formula is C22H25NO4S. The Balaban J connectivity index is 1.78. The lowest BCUT2D eigenvalue weighted by Crippen LogP contribution is -2.30. The monoisotopic (exact) mass is 399 g/mol. The predicted molar refractivity (Wildman–Crippen MR) is 112 cm³/mol. The molecule has 0 aliphatic rings. The van der Waals surface area contributed by atoms with Gasteiger partial charge in [-0.15, -0.1) is 11.8 Å². The maximum Gasteiger partial charge on any atom is 0.307 e. The summed E-state index contributed by atoms with van der Waals surface area (Å²) in [6.07, 6.45) is 1.93. The Labute approximate surface area is 169 Å². The topological polar surface area (TPSA) is 72.5 Å². The SMILES string of the molecule is CCc1ccc(NC(=O)[C@@H](C)OC(=O)CCC(=O)c2ccc(SC)cc2)cc1. The van der Waals surface area contributed by atoms with E-state index in [1.165, 1.54) is 12.5 Å². The van der Waals surface area contributed by atoms with E-state index >= 15 is 0 Å². The fraction of sp³-hybridized carbons (Fsp3) is 0.318. The molecule has 0 bridgehead atoms. The number of ether oxygens (including phenoxy) is 1. The molecule has 2 rings (SSSR count). The van der Waals surface area contributed by atoms with E-state index in [0.29, 0.717) is 11.3 Å². The Morgan fingerprint density at radius 1 is 1.00 bits per heavy atom. The zero-order valence-corrected chi connectivity index (χ0v) is 17.2. The number of anilines is 1. The standard InChI is InChI=1S/C22H25NO4S/c1-4-16-5-9-18(10-6-16)23-22(26)15(2)27-21(25)14-13-20(24)17-7-11-19(28-3)12-8-17/h5-12,15H,4,13-14H2,1-3H3,(H,23,26)/t15-/m1/s1. The zero-order chi connectivity index (χ0) is 20.5. The number of aryl methyl sites for hydroxylation is 1. The molecule has 1 amide bonds. The molecule has 0 heterocycles. The number of ketones is 1. The van der Waals surface area contributed by atoms with Gasteiger partial charge in [0.25, 0.3) is 5.91 Å². The molecule has 1 N–H and O–H groups in total. The smallest absolute Gasteiger partial charge is 0.307 e. The van der Waals surface area contributed by atoms with Gasteiger partial charge < -0.3 is 10.1 Å². The minimum Gasteiger partial charge on any atom is -0.453 e. The molecule has 0 aliphatic heterocycles. The van der Waals surface area contributed by atoms with Gasteiger partial charge >= 0.3 is 5.97 Å². The quantitative estimate of drug-likeness (QED) is 0.382. The van der Waals surface area contributed by atoms with Gasteiger partial charge in [-0.25, -0.2) is 0 Å². The second-order valence-electron chi connectivity index (χ2n) is 6.32. The third kappa shape index (κ3) is 6.53. The Hall–Kier alpha value is -2.60. The van der Waals surface area contributed by atoms with Gasteiger partial charge in [-0.05, 0) is 49.4 Å². The second kappa shape index (κ2) is 10.7. The van der Waals surface area contributed by atoms with Crippen molar-refractivity contribution in [2.45, 2.75) is 44.1 Å². The third-order valence-electron chi connectivity index (χ3n) is 4.28. The Morgan fingerprint density at radius 3 is 2.21 bits per heavy atom. The van der Waals surface area contributed by atoms with Crippen LogP contribution in [0.1, 0.15) is 42.6 Å². The van der Waals surface area contributed by atoms with Gasteiger partial charge in [0.05, 0.1) is 6.42 Å². The van der Waals surface area contributed by atoms with E-state index in [2.05, 4.69) is 12.2 Å². The van der Waals surface area contributed by atoms with Crippen LogP contribution in [0.25, 0.3) is 0 Å². The summed E-state index contributed by atoms with van der Waals surface area (Å²) in [5.41, 5.74) is 2.38. The first-order valence-corrected chi connectivity index (χ1v) is 10.4. The van der Waals surface area contributed by atoms with Gasteiger partial charge in [-0.3, -0.25) is 14.4 Å². The minimum absolute atomic E-state index is 0.0459. The van der Waals surface area contributed by atoms with Crippen molar-refractivity contribution in [1.82, 2.24) is 0 Å². The van der Waals surface area contributed by atoms with E-state index in [4.69, 9.17) is 4.74 Å². The number of thioether (sulfide) groups is 1. The van der Waals surface area contributed by atoms with Crippen LogP contribution in [0.3, 0.4) is 0 Å². The number of hydrogen-bond donors (Lipinski definition) is 1. The molecule has 6 heteroatoms. The summed E-state index contributed by atoms with van der Waals surface area (Å²) in [4.78, 5) is 37.4. The maximum atomic E-state index is 12.2. The van der Waals surface area contributed by atoms with Crippen molar-refractivity contribution in [3.8, 4) is 0 Å². The van der Waals surface area contributed by atoms with Crippen molar-refractivity contribution in [3.63, 3.8) is 0 Å². The van der Waals surface area contributed by atoms with E-state index in [9.17, 15) is 14.4 Å². The fourth-order valence-corrected chi connectivity index (χ4v) is 2.92. The van der Waals surface area contributed by atoms with Crippen molar-refractivity contribution < 1.29 is 19.1 Å². The van der Waals surface area contributed by atoms with Gasteiger partial charge in [0.15, 0.2) is 11.9 Å². The summed E-state index contributed by atoms with van der Waals surface area (Å²) >= 11 is 1.60. The van der Waals surface area contributed by atoms with Crippen LogP contribution in [-0.2, 0) is 20.7 Å². The highest BCUT2D eigenvalue weighted by atomic mass is 32.2. The molecule has 0 saturated carbocycles. The highest BCUT2D eigenvalue weighted by Crippen LogP contribution is 2.16. The van der Waals surface area contributed by atoms with Gasteiger partial charge in [0.2, 0.25) is 0 Å². The van der Waals surface area contributed by atoms with Crippen LogP contribution in [0.15, 0.2) is 53.4 Å². The molecule has 28 heavy (non-hydrogen) atoms. The Bertz CT molecular complexity index is 815. The van der Waals surface area contributed by atoms with E-state index < -0.39 is 18.0 Å². The van der Waals surface area contributed by atoms with Crippen molar-refractivity contribution in [3.05, 3.63) is 59.7 Å². The average Bonchev–Trinajstić information content (AvgIpc) is 2.72. The molecular weight excluding hydrogens is 374 g/mol. The molecule has 0 unspecified atom stereocenters. The van der Waals surface area contributed by atoms with E-state index in [1.54, 1.807) is 23.9 Å². The van der Waals surface area contributed by atoms with Crippen molar-refractivity contribution >= 4 is 35.1 Å². The van der Waals surface area contributed by atoms with Crippen LogP contribution < -0.4 is 5.32 Å². The Kier molecular flexibility index (Phi) is 8.26. The molecule has 0 saturated heterocycles. The van der Waals surface area contributed by atoms with Gasteiger partial charge in [0, 0.05) is 22.6 Å². The van der Waals surface area contributed by atoms with E-state index in [1.807, 2.05) is 42.7 Å². The zero-order valence-electron chi connectivity index (χ0n) is 16.4. The number of amides is 1. The molecule has 2 aromatic rings. The third-order valence-corrected chi connectivity index (χ3v) is 5.02. The summed E-state index contributed by atoms with van der Waals surface area (Å²) in [6, 6.07) is 14.7. The summed E-state index contributed by atoms with van der Waals surface area (Å²) < 4.78 is 5.15. The highest BCUT2D eigenvalue weighted by molar-refractivity contribution is 7.98. The average molecular weight is 400 g/mol. The number of rotatable bonds is 9. The summed E-state index contributed by atoms with van der Waals surface area (Å²) in [7, 11) is 0. The van der Waals surface area contributed by atoms with Crippen molar-refractivity contribution in [2.75, 3.05) is 11.6 Å². The maximum absolute atomic E-state index is 12.2. The predicted octanol–water partition coefficient (Wildman–Crippen LogP) is 4.50. The molecule has 0 fully saturated rings. The van der Waals surface area contributed by atoms with Crippen molar-refractivity contribution in [2.24, 2.45) is 0 Å². The van der Waals surface area contributed by atoms with Crippen LogP contribution in [0.2, 0.25) is 0 Å². The van der Waals surface area contributed by atoms with Gasteiger partial charge in [-0.1, -0.05) is 31.2 Å². The largest absolute Gasteiger partial charge is 0.453 e. The number of hydrogen-bond acceptors (Lipinski definition) is 5. The van der Waals surface area contributed by atoms with E-state index in [0.717, 1.165) is 11.3 Å². The van der Waals surface area contributed by atoms with Gasteiger partial charge in [-0.2, -0.15) is 0 Å². The Morgan fingerprint density at radius 2 is 1.64 bits per heavy atom. The number of Topliss-reactive ketones (excluding diaryl/α,β-unsaturated/α-hetero) is 1. The van der Waals surface area contributed by atoms with Crippen LogP contribution in [0, 0.1) is 0 Å². The molecule has 1 atom stereocenters. The number of nitrogens with one attached hydrogen (secondary N) is 1. The lowest BCUT2D eigenvalue weighted by atomic mass is 10.1. The van der Waals surface area contributed by atoms with Crippen LogP contribution in [0.5, 0.6) is 0 Å².